The van der Waals surface area contributed by atoms with Gasteiger partial charge in [0.05, 0.1) is 17.9 Å². The van der Waals surface area contributed by atoms with Crippen LogP contribution < -0.4 is 10.6 Å². The number of likely N-dealkylation sites (tertiary alicyclic amines) is 1. The van der Waals surface area contributed by atoms with Gasteiger partial charge < -0.3 is 10.6 Å². The Morgan fingerprint density at radius 3 is 2.47 bits per heavy atom. The highest BCUT2D eigenvalue weighted by molar-refractivity contribution is 5.94. The summed E-state index contributed by atoms with van der Waals surface area (Å²) in [7, 11) is 0. The minimum atomic E-state index is -0.681. The third kappa shape index (κ3) is 5.69. The van der Waals surface area contributed by atoms with E-state index in [0.29, 0.717) is 30.5 Å². The van der Waals surface area contributed by atoms with Crippen LogP contribution in [0, 0.1) is 24.4 Å². The number of rotatable bonds is 6. The first-order valence-electron chi connectivity index (χ1n) is 11.0. The second-order valence-electron chi connectivity index (χ2n) is 8.31. The maximum absolute atomic E-state index is 13.9. The van der Waals surface area contributed by atoms with Gasteiger partial charge in [0.25, 0.3) is 0 Å². The summed E-state index contributed by atoms with van der Waals surface area (Å²) in [4.78, 5) is 27.6. The molecule has 0 saturated carbocycles. The van der Waals surface area contributed by atoms with Gasteiger partial charge >= 0.3 is 0 Å². The molecule has 178 valence electrons. The molecule has 34 heavy (non-hydrogen) atoms. The zero-order chi connectivity index (χ0) is 24.2. The summed E-state index contributed by atoms with van der Waals surface area (Å²) in [5.74, 6) is -0.261. The van der Waals surface area contributed by atoms with Crippen LogP contribution in [0.1, 0.15) is 37.2 Å². The maximum Gasteiger partial charge on any atom is 0.241 e. The van der Waals surface area contributed by atoms with E-state index in [2.05, 4.69) is 25.6 Å². The van der Waals surface area contributed by atoms with Gasteiger partial charge in [0.15, 0.2) is 0 Å². The van der Waals surface area contributed by atoms with E-state index in [-0.39, 0.29) is 17.5 Å². The van der Waals surface area contributed by atoms with Crippen molar-refractivity contribution < 1.29 is 18.0 Å². The molecule has 1 aliphatic rings. The zero-order valence-corrected chi connectivity index (χ0v) is 18.9. The molecular weight excluding hydrogens is 445 g/mol. The lowest BCUT2D eigenvalue weighted by molar-refractivity contribution is -0.121. The number of aromatic nitrogens is 3. The lowest BCUT2D eigenvalue weighted by atomic mass is 9.92. The molecule has 0 aliphatic carbocycles. The van der Waals surface area contributed by atoms with Crippen LogP contribution in [0.3, 0.4) is 0 Å². The quantitative estimate of drug-likeness (QED) is 0.550. The number of hydrogen-bond acceptors (Lipinski definition) is 6. The smallest absolute Gasteiger partial charge is 0.241 e. The summed E-state index contributed by atoms with van der Waals surface area (Å²) in [6.07, 6.45) is 2.68. The number of hydrogen-bond donors (Lipinski definition) is 2. The number of nitrogens with zero attached hydrogens (tertiary/aromatic N) is 4. The number of carbonyl (C=O) groups is 1. The third-order valence-electron chi connectivity index (χ3n) is 5.90. The van der Waals surface area contributed by atoms with Gasteiger partial charge in [-0.1, -0.05) is 0 Å². The topological polar surface area (TPSA) is 83.0 Å². The van der Waals surface area contributed by atoms with Gasteiger partial charge in [-0.25, -0.2) is 28.1 Å². The van der Waals surface area contributed by atoms with Gasteiger partial charge in [0.2, 0.25) is 5.91 Å². The summed E-state index contributed by atoms with van der Waals surface area (Å²) in [5.41, 5.74) is 0.717. The fraction of sp³-hybridized carbons (Fsp3) is 0.333. The summed E-state index contributed by atoms with van der Waals surface area (Å²) in [6, 6.07) is 7.17. The number of aryl methyl sites for hydroxylation is 1. The Balaban J connectivity index is 1.37. The Labute approximate surface area is 195 Å². The SMILES string of the molecule is Cc1nc(Nc2ccc(F)cn2)cc(C2CCN([C@H](C)C(=O)Nc3cc(F)ccc3F)CC2)n1. The number of benzene rings is 1. The first-order valence-corrected chi connectivity index (χ1v) is 11.0. The van der Waals surface area contributed by atoms with Gasteiger partial charge in [-0.2, -0.15) is 0 Å². The highest BCUT2D eigenvalue weighted by atomic mass is 19.1. The van der Waals surface area contributed by atoms with Crippen LogP contribution in [0.25, 0.3) is 0 Å². The average Bonchev–Trinajstić information content (AvgIpc) is 2.82. The molecule has 10 heteroatoms. The number of nitrogens with one attached hydrogen (secondary N) is 2. The number of halogens is 3. The predicted octanol–water partition coefficient (Wildman–Crippen LogP) is 4.55. The van der Waals surface area contributed by atoms with Crippen molar-refractivity contribution in [3.63, 3.8) is 0 Å². The van der Waals surface area contributed by atoms with Gasteiger partial charge in [-0.15, -0.1) is 0 Å². The van der Waals surface area contributed by atoms with Crippen molar-refractivity contribution in [3.8, 4) is 0 Å². The van der Waals surface area contributed by atoms with Gasteiger partial charge in [0.1, 0.15) is 34.9 Å². The van der Waals surface area contributed by atoms with E-state index in [1.165, 1.54) is 12.1 Å². The molecule has 3 heterocycles. The van der Waals surface area contributed by atoms with Gasteiger partial charge in [0, 0.05) is 23.7 Å². The molecule has 0 radical (unpaired) electrons. The van der Waals surface area contributed by atoms with Crippen LogP contribution in [0.5, 0.6) is 0 Å². The minimum absolute atomic E-state index is 0.168. The number of anilines is 3. The highest BCUT2D eigenvalue weighted by Crippen LogP contribution is 2.29. The Kier molecular flexibility index (Phi) is 7.06. The normalized spacial score (nSPS) is 15.7. The molecule has 7 nitrogen and oxygen atoms in total. The molecule has 1 saturated heterocycles. The van der Waals surface area contributed by atoms with E-state index in [0.717, 1.165) is 42.9 Å². The summed E-state index contributed by atoms with van der Waals surface area (Å²) >= 11 is 0. The number of amides is 1. The number of pyridine rings is 1. The first-order chi connectivity index (χ1) is 16.3. The molecule has 1 fully saturated rings. The first kappa shape index (κ1) is 23.6. The second kappa shape index (κ2) is 10.2. The second-order valence-corrected chi connectivity index (χ2v) is 8.31. The largest absolute Gasteiger partial charge is 0.325 e. The molecule has 2 aromatic heterocycles. The maximum atomic E-state index is 13.9. The Morgan fingerprint density at radius 1 is 1.03 bits per heavy atom. The predicted molar refractivity (Wildman–Crippen MR) is 122 cm³/mol. The molecule has 1 aliphatic heterocycles. The molecule has 0 unspecified atom stereocenters. The summed E-state index contributed by atoms with van der Waals surface area (Å²) < 4.78 is 40.4. The van der Waals surface area contributed by atoms with E-state index in [4.69, 9.17) is 0 Å². The molecule has 1 atom stereocenters. The van der Waals surface area contributed by atoms with Crippen molar-refractivity contribution in [2.75, 3.05) is 23.7 Å². The third-order valence-corrected chi connectivity index (χ3v) is 5.90. The van der Waals surface area contributed by atoms with Gasteiger partial charge in [-0.05, 0) is 64.0 Å². The van der Waals surface area contributed by atoms with Crippen LogP contribution in [-0.4, -0.2) is 44.9 Å². The van der Waals surface area contributed by atoms with E-state index in [1.807, 2.05) is 11.0 Å². The van der Waals surface area contributed by atoms with Gasteiger partial charge in [-0.3, -0.25) is 9.69 Å². The number of carbonyl (C=O) groups excluding carboxylic acids is 1. The molecular formula is C24H25F3N6O. The number of piperidine rings is 1. The van der Waals surface area contributed by atoms with Crippen molar-refractivity contribution in [3.05, 3.63) is 71.6 Å². The standard InChI is InChI=1S/C24H25F3N6O/c1-14(24(34)31-21-11-17(25)3-5-19(21)27)33-9-7-16(8-10-33)20-12-23(30-15(2)29-20)32-22-6-4-18(26)13-28-22/h3-6,11-14,16H,7-10H2,1-2H3,(H,31,34)(H,28,29,30,32)/t14-/m1/s1. The molecule has 4 rings (SSSR count). The monoisotopic (exact) mass is 470 g/mol. The fourth-order valence-corrected chi connectivity index (χ4v) is 4.02. The van der Waals surface area contributed by atoms with Crippen LogP contribution >= 0.6 is 0 Å². The van der Waals surface area contributed by atoms with E-state index < -0.39 is 23.5 Å². The van der Waals surface area contributed by atoms with Crippen LogP contribution in [0.2, 0.25) is 0 Å². The van der Waals surface area contributed by atoms with Crippen molar-refractivity contribution in [1.82, 2.24) is 19.9 Å². The zero-order valence-electron chi connectivity index (χ0n) is 18.9. The van der Waals surface area contributed by atoms with Crippen molar-refractivity contribution >= 4 is 23.2 Å². The fourth-order valence-electron chi connectivity index (χ4n) is 4.02. The molecule has 2 N–H and O–H groups in total. The summed E-state index contributed by atoms with van der Waals surface area (Å²) in [5, 5.41) is 5.55. The average molecular weight is 470 g/mol. The molecule has 0 bridgehead atoms. The van der Waals surface area contributed by atoms with Crippen LogP contribution in [-0.2, 0) is 4.79 Å². The Hall–Kier alpha value is -3.53. The van der Waals surface area contributed by atoms with E-state index >= 15 is 0 Å². The van der Waals surface area contributed by atoms with E-state index in [9.17, 15) is 18.0 Å². The van der Waals surface area contributed by atoms with Crippen molar-refractivity contribution in [1.29, 1.82) is 0 Å². The van der Waals surface area contributed by atoms with Crippen LogP contribution in [0.4, 0.5) is 30.5 Å². The lowest BCUT2D eigenvalue weighted by Gasteiger charge is -2.35. The minimum Gasteiger partial charge on any atom is -0.325 e. The van der Waals surface area contributed by atoms with Crippen LogP contribution in [0.15, 0.2) is 42.6 Å². The summed E-state index contributed by atoms with van der Waals surface area (Å²) in [6.45, 7) is 4.85. The molecule has 3 aromatic rings. The van der Waals surface area contributed by atoms with Crippen molar-refractivity contribution in [2.45, 2.75) is 38.6 Å². The highest BCUT2D eigenvalue weighted by Gasteiger charge is 2.28. The Bertz CT molecular complexity index is 1170. The van der Waals surface area contributed by atoms with E-state index in [1.54, 1.807) is 13.8 Å². The lowest BCUT2D eigenvalue weighted by Crippen LogP contribution is -2.45. The molecule has 1 amide bonds. The Morgan fingerprint density at radius 2 is 1.76 bits per heavy atom. The van der Waals surface area contributed by atoms with Crippen molar-refractivity contribution in [2.24, 2.45) is 0 Å². The molecule has 1 aromatic carbocycles. The molecule has 0 spiro atoms.